The summed E-state index contributed by atoms with van der Waals surface area (Å²) in [6.45, 7) is 0.0243. The maximum atomic E-state index is 8.42. The van der Waals surface area contributed by atoms with Crippen molar-refractivity contribution in [3.05, 3.63) is 0 Å². The molecule has 1 nitrogen and oxygen atoms in total. The third-order valence-corrected chi connectivity index (χ3v) is 1.99. The van der Waals surface area contributed by atoms with Crippen molar-refractivity contribution in [2.45, 2.75) is 32.1 Å². The highest BCUT2D eigenvalue weighted by Gasteiger charge is 2.09. The van der Waals surface area contributed by atoms with Crippen LogP contribution in [0.4, 0.5) is 0 Å². The minimum Gasteiger partial charge on any atom is -0.384 e. The minimum atomic E-state index is 0.0243. The summed E-state index contributed by atoms with van der Waals surface area (Å²) in [5.41, 5.74) is 0. The Bertz CT molecular complexity index is 135. The smallest absolute Gasteiger partial charge is 0.104 e. The van der Waals surface area contributed by atoms with Gasteiger partial charge in [0.1, 0.15) is 6.61 Å². The maximum Gasteiger partial charge on any atom is 0.104 e. The molecule has 1 aliphatic carbocycles. The molecule has 0 radical (unpaired) electrons. The zero-order valence-electron chi connectivity index (χ0n) is 6.27. The van der Waals surface area contributed by atoms with Crippen molar-refractivity contribution in [1.82, 2.24) is 0 Å². The van der Waals surface area contributed by atoms with Crippen molar-refractivity contribution >= 4 is 0 Å². The topological polar surface area (TPSA) is 20.2 Å². The Labute approximate surface area is 62.4 Å². The molecule has 1 heteroatoms. The summed E-state index contributed by atoms with van der Waals surface area (Å²) in [6, 6.07) is 0. The highest BCUT2D eigenvalue weighted by molar-refractivity contribution is 5.04. The van der Waals surface area contributed by atoms with Gasteiger partial charge in [-0.25, -0.2) is 0 Å². The summed E-state index contributed by atoms with van der Waals surface area (Å²) in [4.78, 5) is 0. The second kappa shape index (κ2) is 4.35. The zero-order valence-corrected chi connectivity index (χ0v) is 6.27. The summed E-state index contributed by atoms with van der Waals surface area (Å²) in [5.74, 6) is 6.38. The second-order valence-electron chi connectivity index (χ2n) is 2.81. The van der Waals surface area contributed by atoms with Crippen LogP contribution in [0.15, 0.2) is 0 Å². The van der Waals surface area contributed by atoms with Gasteiger partial charge in [0.05, 0.1) is 0 Å². The monoisotopic (exact) mass is 138 g/mol. The summed E-state index contributed by atoms with van der Waals surface area (Å²) in [5, 5.41) is 8.42. The molecular weight excluding hydrogens is 124 g/mol. The van der Waals surface area contributed by atoms with E-state index < -0.39 is 0 Å². The van der Waals surface area contributed by atoms with Crippen LogP contribution >= 0.6 is 0 Å². The summed E-state index contributed by atoms with van der Waals surface area (Å²) in [6.07, 6.45) is 6.51. The van der Waals surface area contributed by atoms with Crippen molar-refractivity contribution < 1.29 is 5.11 Å². The highest BCUT2D eigenvalue weighted by Crippen LogP contribution is 2.22. The van der Waals surface area contributed by atoms with Crippen LogP contribution in [0.2, 0.25) is 0 Å². The van der Waals surface area contributed by atoms with Gasteiger partial charge in [-0.2, -0.15) is 0 Å². The van der Waals surface area contributed by atoms with Gasteiger partial charge in [0.2, 0.25) is 0 Å². The molecule has 0 amide bonds. The molecule has 0 saturated heterocycles. The van der Waals surface area contributed by atoms with Gasteiger partial charge < -0.3 is 5.11 Å². The normalized spacial score (nSPS) is 19.7. The standard InChI is InChI=1S/C9H14O/c10-8-4-7-9-5-2-1-3-6-9/h9-10H,1-3,5-6,8H2. The first-order valence-electron chi connectivity index (χ1n) is 4.02. The van der Waals surface area contributed by atoms with E-state index in [0.717, 1.165) is 0 Å². The van der Waals surface area contributed by atoms with E-state index in [9.17, 15) is 0 Å². The molecule has 1 saturated carbocycles. The van der Waals surface area contributed by atoms with Crippen molar-refractivity contribution in [2.24, 2.45) is 5.92 Å². The largest absolute Gasteiger partial charge is 0.384 e. The molecule has 0 atom stereocenters. The fourth-order valence-electron chi connectivity index (χ4n) is 1.44. The Hall–Kier alpha value is -0.480. The Morgan fingerprint density at radius 2 is 1.90 bits per heavy atom. The highest BCUT2D eigenvalue weighted by atomic mass is 16.2. The van der Waals surface area contributed by atoms with Gasteiger partial charge in [-0.05, 0) is 12.8 Å². The lowest BCUT2D eigenvalue weighted by Gasteiger charge is -2.15. The average Bonchev–Trinajstić information content (AvgIpc) is 2.03. The van der Waals surface area contributed by atoms with Gasteiger partial charge in [-0.3, -0.25) is 0 Å². The Morgan fingerprint density at radius 1 is 1.20 bits per heavy atom. The van der Waals surface area contributed by atoms with E-state index in [4.69, 9.17) is 5.11 Å². The van der Waals surface area contributed by atoms with Gasteiger partial charge in [0, 0.05) is 5.92 Å². The number of aliphatic hydroxyl groups is 1. The van der Waals surface area contributed by atoms with Crippen LogP contribution in [0.25, 0.3) is 0 Å². The predicted octanol–water partition coefficient (Wildman–Crippen LogP) is 1.56. The zero-order chi connectivity index (χ0) is 7.23. The van der Waals surface area contributed by atoms with E-state index in [1.54, 1.807) is 0 Å². The van der Waals surface area contributed by atoms with E-state index in [-0.39, 0.29) is 6.61 Å². The fourth-order valence-corrected chi connectivity index (χ4v) is 1.44. The summed E-state index contributed by atoms with van der Waals surface area (Å²) in [7, 11) is 0. The van der Waals surface area contributed by atoms with Crippen molar-refractivity contribution in [3.8, 4) is 11.8 Å². The fraction of sp³-hybridized carbons (Fsp3) is 0.778. The average molecular weight is 138 g/mol. The van der Waals surface area contributed by atoms with E-state index in [2.05, 4.69) is 11.8 Å². The molecule has 1 N–H and O–H groups in total. The van der Waals surface area contributed by atoms with Crippen LogP contribution in [0, 0.1) is 17.8 Å². The predicted molar refractivity (Wildman–Crippen MR) is 41.4 cm³/mol. The first-order valence-corrected chi connectivity index (χ1v) is 4.02. The van der Waals surface area contributed by atoms with E-state index in [0.29, 0.717) is 5.92 Å². The molecule has 0 bridgehead atoms. The Balaban J connectivity index is 2.25. The van der Waals surface area contributed by atoms with Crippen LogP contribution < -0.4 is 0 Å². The Kier molecular flexibility index (Phi) is 3.32. The molecule has 0 heterocycles. The lowest BCUT2D eigenvalue weighted by Crippen LogP contribution is -2.03. The van der Waals surface area contributed by atoms with Crippen molar-refractivity contribution in [3.63, 3.8) is 0 Å². The van der Waals surface area contributed by atoms with Gasteiger partial charge in [-0.15, -0.1) is 0 Å². The molecule has 0 aromatic rings. The molecule has 0 aromatic heterocycles. The number of aliphatic hydroxyl groups excluding tert-OH is 1. The molecule has 0 unspecified atom stereocenters. The molecule has 0 spiro atoms. The van der Waals surface area contributed by atoms with Crippen LogP contribution in [0.5, 0.6) is 0 Å². The first kappa shape index (κ1) is 7.63. The maximum absolute atomic E-state index is 8.42. The van der Waals surface area contributed by atoms with Crippen LogP contribution in [-0.2, 0) is 0 Å². The molecule has 0 aliphatic heterocycles. The molecular formula is C9H14O. The quantitative estimate of drug-likeness (QED) is 0.504. The van der Waals surface area contributed by atoms with E-state index in [1.807, 2.05) is 0 Å². The number of hydrogen-bond donors (Lipinski definition) is 1. The number of hydrogen-bond acceptors (Lipinski definition) is 1. The van der Waals surface area contributed by atoms with Gasteiger partial charge in [0.25, 0.3) is 0 Å². The number of rotatable bonds is 0. The SMILES string of the molecule is OCC#CC1CCCCC1. The second-order valence-corrected chi connectivity index (χ2v) is 2.81. The summed E-state index contributed by atoms with van der Waals surface area (Å²) >= 11 is 0. The van der Waals surface area contributed by atoms with Gasteiger partial charge >= 0.3 is 0 Å². The first-order chi connectivity index (χ1) is 4.93. The van der Waals surface area contributed by atoms with Crippen LogP contribution in [-0.4, -0.2) is 11.7 Å². The lowest BCUT2D eigenvalue weighted by molar-refractivity contribution is 0.349. The molecule has 10 heavy (non-hydrogen) atoms. The third kappa shape index (κ3) is 2.41. The van der Waals surface area contributed by atoms with Gasteiger partial charge in [0.15, 0.2) is 0 Å². The van der Waals surface area contributed by atoms with E-state index >= 15 is 0 Å². The summed E-state index contributed by atoms with van der Waals surface area (Å²) < 4.78 is 0. The van der Waals surface area contributed by atoms with Crippen molar-refractivity contribution in [1.29, 1.82) is 0 Å². The third-order valence-electron chi connectivity index (χ3n) is 1.99. The van der Waals surface area contributed by atoms with Crippen LogP contribution in [0.1, 0.15) is 32.1 Å². The molecule has 0 aromatic carbocycles. The molecule has 56 valence electrons. The van der Waals surface area contributed by atoms with Crippen LogP contribution in [0.3, 0.4) is 0 Å². The molecule has 1 fully saturated rings. The minimum absolute atomic E-state index is 0.0243. The Morgan fingerprint density at radius 3 is 2.50 bits per heavy atom. The molecule has 1 rings (SSSR count). The van der Waals surface area contributed by atoms with E-state index in [1.165, 1.54) is 32.1 Å². The van der Waals surface area contributed by atoms with Gasteiger partial charge in [-0.1, -0.05) is 31.1 Å². The lowest BCUT2D eigenvalue weighted by atomic mass is 9.90. The molecule has 1 aliphatic rings. The van der Waals surface area contributed by atoms with Crippen molar-refractivity contribution in [2.75, 3.05) is 6.61 Å².